The molecule has 3 rings (SSSR count). The van der Waals surface area contributed by atoms with E-state index in [4.69, 9.17) is 4.98 Å². The minimum Gasteiger partial charge on any atom is -0.351 e. The number of hydrogen-bond acceptors (Lipinski definition) is 4. The maximum atomic E-state index is 12.3. The Morgan fingerprint density at radius 1 is 1.29 bits per heavy atom. The van der Waals surface area contributed by atoms with Crippen LogP contribution in [0.25, 0.3) is 16.0 Å². The van der Waals surface area contributed by atoms with Crippen LogP contribution in [0.3, 0.4) is 0 Å². The van der Waals surface area contributed by atoms with E-state index in [9.17, 15) is 4.79 Å². The Bertz CT molecular complexity index is 849. The summed E-state index contributed by atoms with van der Waals surface area (Å²) in [5, 5.41) is 2.97. The smallest absolute Gasteiger partial charge is 0.261 e. The first-order chi connectivity index (χ1) is 11.5. The van der Waals surface area contributed by atoms with Crippen LogP contribution in [-0.2, 0) is 0 Å². The normalized spacial score (nSPS) is 11.2. The molecular weight excluding hydrogens is 320 g/mol. The zero-order valence-corrected chi connectivity index (χ0v) is 15.2. The van der Waals surface area contributed by atoms with Gasteiger partial charge in [-0.2, -0.15) is 0 Å². The lowest BCUT2D eigenvalue weighted by Gasteiger charge is -2.14. The molecule has 0 fully saturated rings. The molecule has 0 spiro atoms. The van der Waals surface area contributed by atoms with E-state index in [2.05, 4.69) is 23.7 Å². The second kappa shape index (κ2) is 6.65. The van der Waals surface area contributed by atoms with E-state index in [1.807, 2.05) is 55.4 Å². The number of benzene rings is 1. The molecule has 5 nitrogen and oxygen atoms in total. The van der Waals surface area contributed by atoms with Gasteiger partial charge in [0.05, 0.1) is 4.88 Å². The number of anilines is 1. The van der Waals surface area contributed by atoms with Gasteiger partial charge in [0.2, 0.25) is 5.95 Å². The monoisotopic (exact) mass is 342 g/mol. The molecule has 2 aromatic heterocycles. The summed E-state index contributed by atoms with van der Waals surface area (Å²) in [5.41, 5.74) is 1.89. The van der Waals surface area contributed by atoms with Gasteiger partial charge in [-0.25, -0.2) is 4.98 Å². The van der Waals surface area contributed by atoms with Gasteiger partial charge >= 0.3 is 0 Å². The Morgan fingerprint density at radius 2 is 2.00 bits per heavy atom. The summed E-state index contributed by atoms with van der Waals surface area (Å²) in [6.07, 6.45) is 0. The number of thiophene rings is 1. The molecule has 0 unspecified atom stereocenters. The van der Waals surface area contributed by atoms with Crippen molar-refractivity contribution in [2.45, 2.75) is 13.8 Å². The van der Waals surface area contributed by atoms with E-state index in [1.54, 1.807) is 0 Å². The lowest BCUT2D eigenvalue weighted by molar-refractivity contribution is 0.0953. The third kappa shape index (κ3) is 3.14. The van der Waals surface area contributed by atoms with Crippen LogP contribution in [0.4, 0.5) is 5.95 Å². The van der Waals surface area contributed by atoms with Crippen molar-refractivity contribution in [1.82, 2.24) is 14.9 Å². The molecule has 1 aromatic carbocycles. The van der Waals surface area contributed by atoms with Crippen molar-refractivity contribution in [1.29, 1.82) is 0 Å². The zero-order chi connectivity index (χ0) is 17.3. The number of carbonyl (C=O) groups excluding carboxylic acids is 1. The van der Waals surface area contributed by atoms with Crippen molar-refractivity contribution in [2.75, 3.05) is 25.5 Å². The number of amides is 1. The fourth-order valence-corrected chi connectivity index (χ4v) is 3.50. The number of para-hydroxylation sites is 1. The number of nitrogens with zero attached hydrogens (tertiary/aromatic N) is 3. The van der Waals surface area contributed by atoms with E-state index in [1.165, 1.54) is 11.3 Å². The van der Waals surface area contributed by atoms with E-state index in [0.717, 1.165) is 22.0 Å². The highest BCUT2D eigenvalue weighted by Gasteiger charge is 2.19. The number of carbonyl (C=O) groups is 1. The summed E-state index contributed by atoms with van der Waals surface area (Å²) in [7, 11) is 3.95. The second-order valence-corrected chi connectivity index (χ2v) is 7.41. The first kappa shape index (κ1) is 16.5. The van der Waals surface area contributed by atoms with Crippen LogP contribution < -0.4 is 10.2 Å². The van der Waals surface area contributed by atoms with Crippen molar-refractivity contribution in [3.63, 3.8) is 0 Å². The zero-order valence-electron chi connectivity index (χ0n) is 14.4. The Labute approximate surface area is 145 Å². The van der Waals surface area contributed by atoms with Crippen LogP contribution in [-0.4, -0.2) is 36.1 Å². The van der Waals surface area contributed by atoms with Crippen LogP contribution in [0.5, 0.6) is 0 Å². The van der Waals surface area contributed by atoms with Crippen LogP contribution >= 0.6 is 11.3 Å². The maximum Gasteiger partial charge on any atom is 0.261 e. The van der Waals surface area contributed by atoms with Crippen LogP contribution in [0.1, 0.15) is 23.5 Å². The third-order valence-electron chi connectivity index (χ3n) is 3.63. The highest BCUT2D eigenvalue weighted by molar-refractivity contribution is 7.20. The lowest BCUT2D eigenvalue weighted by Crippen LogP contribution is -2.26. The molecule has 1 N–H and O–H groups in total. The molecule has 0 bridgehead atoms. The number of nitrogens with one attached hydrogen (secondary N) is 1. The van der Waals surface area contributed by atoms with Crippen molar-refractivity contribution in [2.24, 2.45) is 5.92 Å². The van der Waals surface area contributed by atoms with Crippen molar-refractivity contribution < 1.29 is 4.79 Å². The topological polar surface area (TPSA) is 50.2 Å². The molecule has 3 aromatic rings. The molecule has 0 atom stereocenters. The molecule has 0 aliphatic rings. The summed E-state index contributed by atoms with van der Waals surface area (Å²) in [4.78, 5) is 20.7. The lowest BCUT2D eigenvalue weighted by atomic mass is 10.2. The third-order valence-corrected chi connectivity index (χ3v) is 4.73. The Balaban J connectivity index is 2.05. The number of rotatable bonds is 5. The van der Waals surface area contributed by atoms with Gasteiger partial charge < -0.3 is 10.2 Å². The summed E-state index contributed by atoms with van der Waals surface area (Å²) < 4.78 is 2.10. The van der Waals surface area contributed by atoms with Crippen LogP contribution in [0, 0.1) is 5.92 Å². The van der Waals surface area contributed by atoms with Gasteiger partial charge in [0, 0.05) is 26.3 Å². The average molecular weight is 342 g/mol. The van der Waals surface area contributed by atoms with Crippen LogP contribution in [0.15, 0.2) is 36.4 Å². The molecular formula is C18H22N4OS. The molecule has 6 heteroatoms. The standard InChI is InChI=1S/C18H22N4OS/c1-12(2)11-19-16(23)15-10-14-17(24-15)22(18(20-14)21(3)4)13-8-6-5-7-9-13/h5-10,12H,11H2,1-4H3,(H,19,23). The average Bonchev–Trinajstić information content (AvgIpc) is 3.10. The van der Waals surface area contributed by atoms with Gasteiger partial charge in [0.25, 0.3) is 5.91 Å². The molecule has 1 amide bonds. The van der Waals surface area contributed by atoms with Gasteiger partial charge in [-0.3, -0.25) is 9.36 Å². The molecule has 2 heterocycles. The van der Waals surface area contributed by atoms with Gasteiger partial charge in [0.1, 0.15) is 10.3 Å². The summed E-state index contributed by atoms with van der Waals surface area (Å²) >= 11 is 1.48. The molecule has 0 radical (unpaired) electrons. The van der Waals surface area contributed by atoms with Crippen molar-refractivity contribution in [3.8, 4) is 5.69 Å². The fourth-order valence-electron chi connectivity index (χ4n) is 2.47. The summed E-state index contributed by atoms with van der Waals surface area (Å²) in [6.45, 7) is 4.84. The van der Waals surface area contributed by atoms with Gasteiger partial charge in [0.15, 0.2) is 0 Å². The Morgan fingerprint density at radius 3 is 2.62 bits per heavy atom. The molecule has 24 heavy (non-hydrogen) atoms. The van der Waals surface area contributed by atoms with Gasteiger partial charge in [-0.1, -0.05) is 32.0 Å². The first-order valence-corrected chi connectivity index (χ1v) is 8.82. The number of aromatic nitrogens is 2. The van der Waals surface area contributed by atoms with Crippen LogP contribution in [0.2, 0.25) is 0 Å². The fraction of sp³-hybridized carbons (Fsp3) is 0.333. The summed E-state index contributed by atoms with van der Waals surface area (Å²) in [6, 6.07) is 12.0. The SMILES string of the molecule is CC(C)CNC(=O)c1cc2nc(N(C)C)n(-c3ccccc3)c2s1. The number of imidazole rings is 1. The van der Waals surface area contributed by atoms with Crippen molar-refractivity contribution in [3.05, 3.63) is 41.3 Å². The minimum atomic E-state index is -0.0299. The Hall–Kier alpha value is -2.34. The highest BCUT2D eigenvalue weighted by atomic mass is 32.1. The van der Waals surface area contributed by atoms with E-state index < -0.39 is 0 Å². The Kier molecular flexibility index (Phi) is 4.57. The van der Waals surface area contributed by atoms with E-state index in [0.29, 0.717) is 17.3 Å². The molecule has 126 valence electrons. The number of fused-ring (bicyclic) bond motifs is 1. The summed E-state index contributed by atoms with van der Waals surface area (Å²) in [5.74, 6) is 1.26. The maximum absolute atomic E-state index is 12.3. The predicted octanol–water partition coefficient (Wildman–Crippen LogP) is 3.54. The molecule has 0 saturated heterocycles. The van der Waals surface area contributed by atoms with Crippen molar-refractivity contribution >= 4 is 33.5 Å². The number of hydrogen-bond donors (Lipinski definition) is 1. The molecule has 0 aliphatic heterocycles. The van der Waals surface area contributed by atoms with Gasteiger partial charge in [-0.05, 0) is 24.1 Å². The highest BCUT2D eigenvalue weighted by Crippen LogP contribution is 2.32. The minimum absolute atomic E-state index is 0.0299. The van der Waals surface area contributed by atoms with E-state index >= 15 is 0 Å². The quantitative estimate of drug-likeness (QED) is 0.771. The molecule has 0 saturated carbocycles. The van der Waals surface area contributed by atoms with E-state index in [-0.39, 0.29) is 5.91 Å². The molecule has 0 aliphatic carbocycles. The predicted molar refractivity (Wildman–Crippen MR) is 100 cm³/mol. The first-order valence-electron chi connectivity index (χ1n) is 8.00. The van der Waals surface area contributed by atoms with Gasteiger partial charge in [-0.15, -0.1) is 11.3 Å². The second-order valence-electron chi connectivity index (χ2n) is 6.38. The largest absolute Gasteiger partial charge is 0.351 e.